The van der Waals surface area contributed by atoms with Crippen LogP contribution < -0.4 is 0 Å². The molecule has 6 heteroatoms. The number of hydrogen-bond acceptors (Lipinski definition) is 4. The summed E-state index contributed by atoms with van der Waals surface area (Å²) in [7, 11) is 0. The average molecular weight is 396 g/mol. The maximum atomic E-state index is 5.79. The summed E-state index contributed by atoms with van der Waals surface area (Å²) < 4.78 is 5.40. The van der Waals surface area contributed by atoms with E-state index >= 15 is 0 Å². The van der Waals surface area contributed by atoms with Crippen molar-refractivity contribution in [2.75, 3.05) is 32.7 Å². The van der Waals surface area contributed by atoms with Gasteiger partial charge in [0, 0.05) is 44.7 Å². The van der Waals surface area contributed by atoms with E-state index in [9.17, 15) is 0 Å². The highest BCUT2D eigenvalue weighted by molar-refractivity contribution is 7.71. The first-order valence-electron chi connectivity index (χ1n) is 10.6. The Morgan fingerprint density at radius 1 is 0.964 bits per heavy atom. The van der Waals surface area contributed by atoms with E-state index < -0.39 is 0 Å². The van der Waals surface area contributed by atoms with Crippen molar-refractivity contribution in [3.05, 3.63) is 52.6 Å². The molecule has 0 N–H and O–H groups in total. The first-order chi connectivity index (χ1) is 13.8. The molecule has 148 valence electrons. The van der Waals surface area contributed by atoms with Gasteiger partial charge in [-0.15, -0.1) is 0 Å². The predicted molar refractivity (Wildman–Crippen MR) is 115 cm³/mol. The highest BCUT2D eigenvalue weighted by Gasteiger charge is 2.36. The molecule has 0 radical (unpaired) electrons. The molecule has 1 aromatic carbocycles. The van der Waals surface area contributed by atoms with Crippen LogP contribution in [0.15, 0.2) is 36.4 Å². The molecule has 1 saturated heterocycles. The lowest BCUT2D eigenvalue weighted by Crippen LogP contribution is -2.46. The second kappa shape index (κ2) is 7.93. The first kappa shape index (κ1) is 18.3. The topological polar surface area (TPSA) is 29.2 Å². The third kappa shape index (κ3) is 4.14. The van der Waals surface area contributed by atoms with E-state index in [2.05, 4.69) is 61.5 Å². The Kier molecular flexibility index (Phi) is 5.18. The minimum Gasteiger partial charge on any atom is -0.301 e. The maximum absolute atomic E-state index is 5.79. The summed E-state index contributed by atoms with van der Waals surface area (Å²) in [4.78, 5) is 5.02. The third-order valence-electron chi connectivity index (χ3n) is 6.02. The predicted octanol–water partition coefficient (Wildman–Crippen LogP) is 3.91. The minimum atomic E-state index is 0.630. The Morgan fingerprint density at radius 2 is 1.68 bits per heavy atom. The summed E-state index contributed by atoms with van der Waals surface area (Å²) in [6, 6.07) is 11.2. The number of aromatic nitrogens is 3. The SMILES string of the molecule is S=c1n(CN2CCN(C/C=C/c3ccccc3)CC2)nc(C2CC2)n1C1CC1. The molecule has 2 saturated carbocycles. The summed E-state index contributed by atoms with van der Waals surface area (Å²) in [5, 5.41) is 4.94. The van der Waals surface area contributed by atoms with Gasteiger partial charge in [-0.25, -0.2) is 4.68 Å². The molecule has 3 fully saturated rings. The molecule has 0 unspecified atom stereocenters. The van der Waals surface area contributed by atoms with Gasteiger partial charge in [0.2, 0.25) is 0 Å². The molecule has 0 spiro atoms. The number of benzene rings is 1. The van der Waals surface area contributed by atoms with Crippen molar-refractivity contribution in [3.8, 4) is 0 Å². The average Bonchev–Trinajstić information content (AvgIpc) is 3.63. The Balaban J connectivity index is 1.15. The van der Waals surface area contributed by atoms with Crippen molar-refractivity contribution in [2.24, 2.45) is 0 Å². The molecule has 1 aromatic heterocycles. The lowest BCUT2D eigenvalue weighted by molar-refractivity contribution is 0.110. The van der Waals surface area contributed by atoms with Gasteiger partial charge in [0.25, 0.3) is 0 Å². The molecule has 28 heavy (non-hydrogen) atoms. The van der Waals surface area contributed by atoms with Crippen LogP contribution in [0.2, 0.25) is 0 Å². The second-order valence-electron chi connectivity index (χ2n) is 8.39. The van der Waals surface area contributed by atoms with Gasteiger partial charge in [0.1, 0.15) is 5.82 Å². The zero-order chi connectivity index (χ0) is 18.9. The fourth-order valence-corrected chi connectivity index (χ4v) is 4.37. The molecule has 3 aliphatic rings. The number of nitrogens with zero attached hydrogens (tertiary/aromatic N) is 5. The zero-order valence-corrected chi connectivity index (χ0v) is 17.2. The molecule has 2 aliphatic carbocycles. The van der Waals surface area contributed by atoms with Crippen LogP contribution in [0.25, 0.3) is 6.08 Å². The molecule has 2 aromatic rings. The van der Waals surface area contributed by atoms with Gasteiger partial charge in [0.05, 0.1) is 6.67 Å². The molecule has 1 aliphatic heterocycles. The Labute approximate surface area is 172 Å². The van der Waals surface area contributed by atoms with E-state index in [1.165, 1.54) is 37.1 Å². The van der Waals surface area contributed by atoms with Crippen LogP contribution in [-0.4, -0.2) is 56.9 Å². The summed E-state index contributed by atoms with van der Waals surface area (Å²) in [5.41, 5.74) is 1.27. The zero-order valence-electron chi connectivity index (χ0n) is 16.4. The van der Waals surface area contributed by atoms with E-state index in [0.29, 0.717) is 12.0 Å². The van der Waals surface area contributed by atoms with E-state index in [1.54, 1.807) is 0 Å². The van der Waals surface area contributed by atoms with Crippen LogP contribution in [0.4, 0.5) is 0 Å². The van der Waals surface area contributed by atoms with Crippen LogP contribution in [0.5, 0.6) is 0 Å². The monoisotopic (exact) mass is 395 g/mol. The normalized spacial score (nSPS) is 21.6. The second-order valence-corrected chi connectivity index (χ2v) is 8.75. The van der Waals surface area contributed by atoms with Crippen LogP contribution in [-0.2, 0) is 6.67 Å². The summed E-state index contributed by atoms with van der Waals surface area (Å²) in [5.74, 6) is 1.92. The standard InChI is InChI=1S/C22H29N5S/c28-22-26(23-21(19-8-9-19)27(22)20-10-11-20)17-25-15-13-24(14-16-25)12-4-7-18-5-2-1-3-6-18/h1-7,19-20H,8-17H2/b7-4+. The summed E-state index contributed by atoms with van der Waals surface area (Å²) in [6.45, 7) is 6.22. The van der Waals surface area contributed by atoms with Crippen LogP contribution in [0.1, 0.15) is 49.0 Å². The van der Waals surface area contributed by atoms with Gasteiger partial charge in [-0.3, -0.25) is 9.80 Å². The smallest absolute Gasteiger partial charge is 0.199 e. The minimum absolute atomic E-state index is 0.630. The Hall–Kier alpha value is -1.76. The van der Waals surface area contributed by atoms with Crippen molar-refractivity contribution < 1.29 is 0 Å². The van der Waals surface area contributed by atoms with Crippen LogP contribution in [0.3, 0.4) is 0 Å². The molecule has 0 atom stereocenters. The Morgan fingerprint density at radius 3 is 2.36 bits per heavy atom. The summed E-state index contributed by atoms with van der Waals surface area (Å²) >= 11 is 5.79. The lowest BCUT2D eigenvalue weighted by Gasteiger charge is -2.33. The van der Waals surface area contributed by atoms with Gasteiger partial charge in [-0.05, 0) is 43.5 Å². The lowest BCUT2D eigenvalue weighted by atomic mass is 10.2. The number of piperazine rings is 1. The molecule has 0 bridgehead atoms. The maximum Gasteiger partial charge on any atom is 0.199 e. The molecule has 5 rings (SSSR count). The van der Waals surface area contributed by atoms with E-state index in [-0.39, 0.29) is 0 Å². The molecular weight excluding hydrogens is 366 g/mol. The molecular formula is C22H29N5S. The van der Waals surface area contributed by atoms with Crippen molar-refractivity contribution >= 4 is 18.3 Å². The van der Waals surface area contributed by atoms with Gasteiger partial charge < -0.3 is 4.57 Å². The molecule has 5 nitrogen and oxygen atoms in total. The number of rotatable bonds is 7. The molecule has 2 heterocycles. The fourth-order valence-electron chi connectivity index (χ4n) is 4.03. The van der Waals surface area contributed by atoms with Gasteiger partial charge in [-0.1, -0.05) is 42.5 Å². The molecule has 0 amide bonds. The fraction of sp³-hybridized carbons (Fsp3) is 0.545. The van der Waals surface area contributed by atoms with E-state index in [4.69, 9.17) is 17.3 Å². The van der Waals surface area contributed by atoms with Crippen molar-refractivity contribution in [1.82, 2.24) is 24.1 Å². The van der Waals surface area contributed by atoms with Crippen molar-refractivity contribution in [1.29, 1.82) is 0 Å². The van der Waals surface area contributed by atoms with E-state index in [1.807, 2.05) is 0 Å². The quantitative estimate of drug-likeness (QED) is 0.665. The highest BCUT2D eigenvalue weighted by Crippen LogP contribution is 2.44. The van der Waals surface area contributed by atoms with Gasteiger partial charge >= 0.3 is 0 Å². The van der Waals surface area contributed by atoms with Crippen molar-refractivity contribution in [2.45, 2.75) is 44.3 Å². The largest absolute Gasteiger partial charge is 0.301 e. The van der Waals surface area contributed by atoms with E-state index in [0.717, 1.165) is 44.2 Å². The van der Waals surface area contributed by atoms with Crippen LogP contribution >= 0.6 is 12.2 Å². The highest BCUT2D eigenvalue weighted by atomic mass is 32.1. The third-order valence-corrected chi connectivity index (χ3v) is 6.43. The van der Waals surface area contributed by atoms with Crippen LogP contribution in [0, 0.1) is 4.77 Å². The van der Waals surface area contributed by atoms with Gasteiger partial charge in [0.15, 0.2) is 4.77 Å². The van der Waals surface area contributed by atoms with Gasteiger partial charge in [-0.2, -0.15) is 5.10 Å². The summed E-state index contributed by atoms with van der Waals surface area (Å²) in [6.07, 6.45) is 9.61. The Bertz CT molecular complexity index is 883. The van der Waals surface area contributed by atoms with Crippen molar-refractivity contribution in [3.63, 3.8) is 0 Å². The number of hydrogen-bond donors (Lipinski definition) is 0. The first-order valence-corrected chi connectivity index (χ1v) is 11.0.